The first-order chi connectivity index (χ1) is 5.31. The normalized spacial score (nSPS) is 7.73. The second kappa shape index (κ2) is 6.83. The number of anilines is 1. The molecule has 0 unspecified atom stereocenters. The van der Waals surface area contributed by atoms with E-state index < -0.39 is 0 Å². The van der Waals surface area contributed by atoms with Crippen LogP contribution in [0.1, 0.15) is 0 Å². The van der Waals surface area contributed by atoms with Crippen molar-refractivity contribution in [2.75, 3.05) is 12.3 Å². The van der Waals surface area contributed by atoms with Gasteiger partial charge < -0.3 is 10.8 Å². The summed E-state index contributed by atoms with van der Waals surface area (Å²) >= 11 is 0. The van der Waals surface area contributed by atoms with E-state index in [0.29, 0.717) is 0 Å². The molecule has 0 atom stereocenters. The van der Waals surface area contributed by atoms with Crippen LogP contribution in [0.15, 0.2) is 43.0 Å². The highest BCUT2D eigenvalue weighted by Crippen LogP contribution is 1.95. The molecule has 0 radical (unpaired) electrons. The number of nitrogens with two attached hydrogens (primary N) is 1. The molecule has 0 saturated heterocycles. The number of hydrogen-bond donors (Lipinski definition) is 2. The van der Waals surface area contributed by atoms with Gasteiger partial charge in [0, 0.05) is 5.69 Å². The third-order valence-electron chi connectivity index (χ3n) is 0.929. The molecule has 0 saturated carbocycles. The summed E-state index contributed by atoms with van der Waals surface area (Å²) in [6.45, 7) is 3.31. The van der Waals surface area contributed by atoms with Gasteiger partial charge in [-0.2, -0.15) is 0 Å². The molecule has 2 nitrogen and oxygen atoms in total. The number of aliphatic hydroxyl groups excluding tert-OH is 1. The first kappa shape index (κ1) is 9.72. The van der Waals surface area contributed by atoms with Gasteiger partial charge in [-0.15, -0.1) is 6.58 Å². The monoisotopic (exact) mass is 151 g/mol. The fourth-order valence-corrected chi connectivity index (χ4v) is 0.453. The molecule has 0 spiro atoms. The molecule has 1 rings (SSSR count). The molecule has 11 heavy (non-hydrogen) atoms. The van der Waals surface area contributed by atoms with E-state index in [-0.39, 0.29) is 6.61 Å². The Morgan fingerprint density at radius 2 is 1.82 bits per heavy atom. The van der Waals surface area contributed by atoms with Crippen molar-refractivity contribution in [1.82, 2.24) is 0 Å². The van der Waals surface area contributed by atoms with Crippen molar-refractivity contribution in [3.63, 3.8) is 0 Å². The highest BCUT2D eigenvalue weighted by Gasteiger charge is 1.72. The van der Waals surface area contributed by atoms with Crippen molar-refractivity contribution in [3.05, 3.63) is 43.0 Å². The van der Waals surface area contributed by atoms with Crippen LogP contribution in [-0.4, -0.2) is 11.7 Å². The Hall–Kier alpha value is -1.28. The van der Waals surface area contributed by atoms with Crippen molar-refractivity contribution in [1.29, 1.82) is 0 Å². The average molecular weight is 151 g/mol. The topological polar surface area (TPSA) is 46.2 Å². The molecule has 0 aliphatic carbocycles. The molecule has 3 N–H and O–H groups in total. The molecule has 60 valence electrons. The van der Waals surface area contributed by atoms with Gasteiger partial charge in [0.25, 0.3) is 0 Å². The zero-order valence-corrected chi connectivity index (χ0v) is 6.40. The minimum absolute atomic E-state index is 0.0833. The lowest BCUT2D eigenvalue weighted by Gasteiger charge is -1.83. The second-order valence-corrected chi connectivity index (χ2v) is 1.88. The Balaban J connectivity index is 0.000000218. The number of benzene rings is 1. The van der Waals surface area contributed by atoms with Crippen molar-refractivity contribution in [2.24, 2.45) is 0 Å². The van der Waals surface area contributed by atoms with Crippen LogP contribution < -0.4 is 5.73 Å². The standard InChI is InChI=1S/C6H7N.C3H6O/c7-6-4-2-1-3-5-6;1-2-3-4/h1-5H,7H2;2,4H,1,3H2. The van der Waals surface area contributed by atoms with Gasteiger partial charge in [-0.25, -0.2) is 0 Å². The molecule has 1 aromatic rings. The lowest BCUT2D eigenvalue weighted by atomic mass is 10.3. The quantitative estimate of drug-likeness (QED) is 0.471. The first-order valence-electron chi connectivity index (χ1n) is 3.33. The molecule has 0 aliphatic heterocycles. The minimum atomic E-state index is 0.0833. The van der Waals surface area contributed by atoms with Gasteiger partial charge in [-0.1, -0.05) is 24.3 Å². The summed E-state index contributed by atoms with van der Waals surface area (Å²) in [6.07, 6.45) is 1.43. The third-order valence-corrected chi connectivity index (χ3v) is 0.929. The molecule has 1 aromatic carbocycles. The molecule has 0 fully saturated rings. The van der Waals surface area contributed by atoms with E-state index in [0.717, 1.165) is 5.69 Å². The molecular formula is C9H13NO. The number of rotatable bonds is 1. The van der Waals surface area contributed by atoms with Crippen LogP contribution in [0.25, 0.3) is 0 Å². The molecule has 2 heteroatoms. The molecular weight excluding hydrogens is 138 g/mol. The molecule has 0 heterocycles. The Bertz CT molecular complexity index is 184. The van der Waals surface area contributed by atoms with Crippen LogP contribution in [0.5, 0.6) is 0 Å². The van der Waals surface area contributed by atoms with Crippen molar-refractivity contribution in [2.45, 2.75) is 0 Å². The van der Waals surface area contributed by atoms with Gasteiger partial charge in [0.05, 0.1) is 6.61 Å². The first-order valence-corrected chi connectivity index (χ1v) is 3.33. The fourth-order valence-electron chi connectivity index (χ4n) is 0.453. The molecule has 0 bridgehead atoms. The zero-order valence-electron chi connectivity index (χ0n) is 6.40. The van der Waals surface area contributed by atoms with Gasteiger partial charge in [0.2, 0.25) is 0 Å². The smallest absolute Gasteiger partial charge is 0.0609 e. The lowest BCUT2D eigenvalue weighted by Crippen LogP contribution is -1.79. The van der Waals surface area contributed by atoms with E-state index in [1.165, 1.54) is 6.08 Å². The van der Waals surface area contributed by atoms with Crippen molar-refractivity contribution >= 4 is 5.69 Å². The number of hydrogen-bond acceptors (Lipinski definition) is 2. The third kappa shape index (κ3) is 6.61. The van der Waals surface area contributed by atoms with Crippen LogP contribution in [-0.2, 0) is 0 Å². The van der Waals surface area contributed by atoms with Gasteiger partial charge >= 0.3 is 0 Å². The van der Waals surface area contributed by atoms with E-state index in [1.807, 2.05) is 30.3 Å². The molecule has 0 aromatic heterocycles. The maximum Gasteiger partial charge on any atom is 0.0609 e. The van der Waals surface area contributed by atoms with Gasteiger partial charge in [-0.3, -0.25) is 0 Å². The average Bonchev–Trinajstić information content (AvgIpc) is 2.07. The Labute approximate surface area is 67.0 Å². The number of nitrogen functional groups attached to an aromatic ring is 1. The predicted octanol–water partition coefficient (Wildman–Crippen LogP) is 1.43. The minimum Gasteiger partial charge on any atom is -0.399 e. The summed E-state index contributed by atoms with van der Waals surface area (Å²) in [6, 6.07) is 9.49. The van der Waals surface area contributed by atoms with Crippen LogP contribution in [0.3, 0.4) is 0 Å². The zero-order chi connectivity index (χ0) is 8.53. The number of para-hydroxylation sites is 1. The van der Waals surface area contributed by atoms with Gasteiger partial charge in [0.15, 0.2) is 0 Å². The molecule has 0 aliphatic rings. The molecule has 0 amide bonds. The summed E-state index contributed by atoms with van der Waals surface area (Å²) in [4.78, 5) is 0. The van der Waals surface area contributed by atoms with Gasteiger partial charge in [0.1, 0.15) is 0 Å². The van der Waals surface area contributed by atoms with E-state index in [1.54, 1.807) is 0 Å². The highest BCUT2D eigenvalue weighted by atomic mass is 16.2. The summed E-state index contributed by atoms with van der Waals surface area (Å²) < 4.78 is 0. The second-order valence-electron chi connectivity index (χ2n) is 1.88. The largest absolute Gasteiger partial charge is 0.399 e. The summed E-state index contributed by atoms with van der Waals surface area (Å²) in [7, 11) is 0. The lowest BCUT2D eigenvalue weighted by molar-refractivity contribution is 0.343. The van der Waals surface area contributed by atoms with Crippen molar-refractivity contribution in [3.8, 4) is 0 Å². The predicted molar refractivity (Wildman–Crippen MR) is 48.1 cm³/mol. The van der Waals surface area contributed by atoms with Crippen molar-refractivity contribution < 1.29 is 5.11 Å². The fraction of sp³-hybridized carbons (Fsp3) is 0.111. The van der Waals surface area contributed by atoms with E-state index in [2.05, 4.69) is 6.58 Å². The Morgan fingerprint density at radius 3 is 2.00 bits per heavy atom. The van der Waals surface area contributed by atoms with E-state index in [9.17, 15) is 0 Å². The van der Waals surface area contributed by atoms with Crippen LogP contribution in [0.4, 0.5) is 5.69 Å². The van der Waals surface area contributed by atoms with E-state index >= 15 is 0 Å². The summed E-state index contributed by atoms with van der Waals surface area (Å²) in [5, 5.41) is 7.76. The maximum atomic E-state index is 7.76. The number of aliphatic hydroxyl groups is 1. The Morgan fingerprint density at radius 1 is 1.36 bits per heavy atom. The van der Waals surface area contributed by atoms with Crippen LogP contribution >= 0.6 is 0 Å². The highest BCUT2D eigenvalue weighted by molar-refractivity contribution is 5.35. The summed E-state index contributed by atoms with van der Waals surface area (Å²) in [5.41, 5.74) is 6.18. The van der Waals surface area contributed by atoms with Crippen LogP contribution in [0.2, 0.25) is 0 Å². The summed E-state index contributed by atoms with van der Waals surface area (Å²) in [5.74, 6) is 0. The van der Waals surface area contributed by atoms with Gasteiger partial charge in [-0.05, 0) is 12.1 Å². The van der Waals surface area contributed by atoms with E-state index in [4.69, 9.17) is 10.8 Å². The maximum absolute atomic E-state index is 7.76. The SMILES string of the molecule is C=CCO.Nc1ccccc1. The Kier molecular flexibility index (Phi) is 6.04. The van der Waals surface area contributed by atoms with Crippen LogP contribution in [0, 0.1) is 0 Å².